The van der Waals surface area contributed by atoms with Crippen molar-refractivity contribution in [3.05, 3.63) is 35.4 Å². The Morgan fingerprint density at radius 3 is 2.50 bits per heavy atom. The molecule has 0 radical (unpaired) electrons. The molecule has 1 rings (SSSR count). The van der Waals surface area contributed by atoms with Gasteiger partial charge in [-0.2, -0.15) is 0 Å². The number of aryl methyl sites for hydroxylation is 1. The SMILES string of the molecule is CCCc1ccc(C(COCCOC)NN)cc1. The Balaban J connectivity index is 2.48. The third-order valence-corrected chi connectivity index (χ3v) is 2.84. The zero-order valence-electron chi connectivity index (χ0n) is 11.3. The average Bonchev–Trinajstić information content (AvgIpc) is 2.41. The summed E-state index contributed by atoms with van der Waals surface area (Å²) in [4.78, 5) is 0. The molecule has 1 aromatic carbocycles. The number of nitrogens with two attached hydrogens (primary N) is 1. The van der Waals surface area contributed by atoms with Crippen molar-refractivity contribution in [1.29, 1.82) is 0 Å². The highest BCUT2D eigenvalue weighted by atomic mass is 16.5. The van der Waals surface area contributed by atoms with E-state index in [1.807, 2.05) is 0 Å². The van der Waals surface area contributed by atoms with Gasteiger partial charge in [-0.15, -0.1) is 0 Å². The number of ether oxygens (including phenoxy) is 2. The molecule has 0 aliphatic carbocycles. The third-order valence-electron chi connectivity index (χ3n) is 2.84. The Morgan fingerprint density at radius 1 is 1.22 bits per heavy atom. The van der Waals surface area contributed by atoms with Crippen LogP contribution in [0.1, 0.15) is 30.5 Å². The van der Waals surface area contributed by atoms with Gasteiger partial charge in [-0.25, -0.2) is 0 Å². The normalized spacial score (nSPS) is 12.6. The van der Waals surface area contributed by atoms with Gasteiger partial charge in [-0.1, -0.05) is 37.6 Å². The number of rotatable bonds is 9. The lowest BCUT2D eigenvalue weighted by Crippen LogP contribution is -2.31. The van der Waals surface area contributed by atoms with Gasteiger partial charge < -0.3 is 9.47 Å². The van der Waals surface area contributed by atoms with Gasteiger partial charge in [0.05, 0.1) is 25.9 Å². The molecule has 0 saturated heterocycles. The molecule has 0 bridgehead atoms. The molecule has 1 aromatic rings. The minimum absolute atomic E-state index is 0.0255. The van der Waals surface area contributed by atoms with Gasteiger partial charge in [0.15, 0.2) is 0 Å². The van der Waals surface area contributed by atoms with Crippen LogP contribution in [-0.2, 0) is 15.9 Å². The summed E-state index contributed by atoms with van der Waals surface area (Å²) in [6, 6.07) is 8.54. The minimum Gasteiger partial charge on any atom is -0.382 e. The van der Waals surface area contributed by atoms with Gasteiger partial charge in [0.2, 0.25) is 0 Å². The van der Waals surface area contributed by atoms with Crippen LogP contribution in [0, 0.1) is 0 Å². The van der Waals surface area contributed by atoms with E-state index in [4.69, 9.17) is 15.3 Å². The van der Waals surface area contributed by atoms with Crippen molar-refractivity contribution in [3.8, 4) is 0 Å². The summed E-state index contributed by atoms with van der Waals surface area (Å²) in [6.07, 6.45) is 2.28. The number of benzene rings is 1. The molecule has 102 valence electrons. The molecule has 0 saturated carbocycles. The summed E-state index contributed by atoms with van der Waals surface area (Å²) < 4.78 is 10.4. The van der Waals surface area contributed by atoms with Crippen molar-refractivity contribution >= 4 is 0 Å². The summed E-state index contributed by atoms with van der Waals surface area (Å²) in [5.74, 6) is 5.56. The third kappa shape index (κ3) is 5.14. The fraction of sp³-hybridized carbons (Fsp3) is 0.571. The van der Waals surface area contributed by atoms with E-state index in [1.165, 1.54) is 5.56 Å². The lowest BCUT2D eigenvalue weighted by Gasteiger charge is -2.16. The van der Waals surface area contributed by atoms with Crippen LogP contribution in [0.25, 0.3) is 0 Å². The molecule has 0 fully saturated rings. The number of hydrogen-bond donors (Lipinski definition) is 2. The van der Waals surface area contributed by atoms with Crippen LogP contribution in [0.3, 0.4) is 0 Å². The molecule has 1 unspecified atom stereocenters. The second kappa shape index (κ2) is 9.05. The summed E-state index contributed by atoms with van der Waals surface area (Å²) in [5.41, 5.74) is 5.29. The maximum Gasteiger partial charge on any atom is 0.0701 e. The van der Waals surface area contributed by atoms with Crippen molar-refractivity contribution in [1.82, 2.24) is 5.43 Å². The van der Waals surface area contributed by atoms with E-state index >= 15 is 0 Å². The number of methoxy groups -OCH3 is 1. The Bertz CT molecular complexity index is 314. The molecule has 3 N–H and O–H groups in total. The summed E-state index contributed by atoms with van der Waals surface area (Å²) >= 11 is 0. The molecule has 0 aliphatic heterocycles. The van der Waals surface area contributed by atoms with Crippen molar-refractivity contribution in [3.63, 3.8) is 0 Å². The maximum atomic E-state index is 5.56. The van der Waals surface area contributed by atoms with Crippen molar-refractivity contribution in [2.24, 2.45) is 5.84 Å². The van der Waals surface area contributed by atoms with E-state index in [9.17, 15) is 0 Å². The Labute approximate surface area is 109 Å². The van der Waals surface area contributed by atoms with Crippen LogP contribution >= 0.6 is 0 Å². The van der Waals surface area contributed by atoms with Crippen LogP contribution < -0.4 is 11.3 Å². The smallest absolute Gasteiger partial charge is 0.0701 e. The first-order valence-electron chi connectivity index (χ1n) is 6.43. The predicted octanol–water partition coefficient (Wildman–Crippen LogP) is 1.81. The molecule has 0 amide bonds. The van der Waals surface area contributed by atoms with Crippen molar-refractivity contribution < 1.29 is 9.47 Å². The van der Waals surface area contributed by atoms with E-state index in [1.54, 1.807) is 7.11 Å². The molecule has 0 spiro atoms. The Hall–Kier alpha value is -0.940. The summed E-state index contributed by atoms with van der Waals surface area (Å²) in [6.45, 7) is 3.92. The molecular weight excluding hydrogens is 228 g/mol. The van der Waals surface area contributed by atoms with Crippen LogP contribution in [0.15, 0.2) is 24.3 Å². The zero-order chi connectivity index (χ0) is 13.2. The van der Waals surface area contributed by atoms with E-state index in [2.05, 4.69) is 36.6 Å². The number of hydrogen-bond acceptors (Lipinski definition) is 4. The highest BCUT2D eigenvalue weighted by Crippen LogP contribution is 2.14. The summed E-state index contributed by atoms with van der Waals surface area (Å²) in [7, 11) is 1.66. The van der Waals surface area contributed by atoms with Gasteiger partial charge >= 0.3 is 0 Å². The van der Waals surface area contributed by atoms with Gasteiger partial charge in [0, 0.05) is 7.11 Å². The van der Waals surface area contributed by atoms with E-state index in [0.717, 1.165) is 18.4 Å². The van der Waals surface area contributed by atoms with Crippen molar-refractivity contribution in [2.45, 2.75) is 25.8 Å². The van der Waals surface area contributed by atoms with Crippen LogP contribution in [-0.4, -0.2) is 26.9 Å². The van der Waals surface area contributed by atoms with Crippen LogP contribution in [0.2, 0.25) is 0 Å². The van der Waals surface area contributed by atoms with Gasteiger partial charge in [-0.05, 0) is 17.5 Å². The Kier molecular flexibility index (Phi) is 7.60. The molecule has 0 aromatic heterocycles. The first kappa shape index (κ1) is 15.1. The fourth-order valence-corrected chi connectivity index (χ4v) is 1.79. The lowest BCUT2D eigenvalue weighted by molar-refractivity contribution is 0.0586. The monoisotopic (exact) mass is 252 g/mol. The van der Waals surface area contributed by atoms with E-state index in [0.29, 0.717) is 19.8 Å². The lowest BCUT2D eigenvalue weighted by atomic mass is 10.0. The quantitative estimate of drug-likeness (QED) is 0.400. The topological polar surface area (TPSA) is 56.5 Å². The molecule has 0 aliphatic rings. The van der Waals surface area contributed by atoms with Gasteiger partial charge in [-0.3, -0.25) is 11.3 Å². The number of hydrazine groups is 1. The molecule has 18 heavy (non-hydrogen) atoms. The highest BCUT2D eigenvalue weighted by molar-refractivity contribution is 5.25. The molecular formula is C14H24N2O2. The maximum absolute atomic E-state index is 5.56. The van der Waals surface area contributed by atoms with Crippen LogP contribution in [0.4, 0.5) is 0 Å². The largest absolute Gasteiger partial charge is 0.382 e. The zero-order valence-corrected chi connectivity index (χ0v) is 11.3. The molecule has 4 nitrogen and oxygen atoms in total. The average molecular weight is 252 g/mol. The first-order chi connectivity index (χ1) is 8.81. The molecule has 0 heterocycles. The summed E-state index contributed by atoms with van der Waals surface area (Å²) in [5, 5.41) is 0. The minimum atomic E-state index is 0.0255. The van der Waals surface area contributed by atoms with E-state index in [-0.39, 0.29) is 6.04 Å². The fourth-order valence-electron chi connectivity index (χ4n) is 1.79. The van der Waals surface area contributed by atoms with Crippen LogP contribution in [0.5, 0.6) is 0 Å². The molecule has 1 atom stereocenters. The van der Waals surface area contributed by atoms with E-state index < -0.39 is 0 Å². The van der Waals surface area contributed by atoms with Gasteiger partial charge in [0.1, 0.15) is 0 Å². The second-order valence-electron chi connectivity index (χ2n) is 4.28. The highest BCUT2D eigenvalue weighted by Gasteiger charge is 2.09. The predicted molar refractivity (Wildman–Crippen MR) is 73.2 cm³/mol. The standard InChI is InChI=1S/C14H24N2O2/c1-3-4-12-5-7-13(8-6-12)14(16-15)11-18-10-9-17-2/h5-8,14,16H,3-4,9-11,15H2,1-2H3. The number of nitrogens with one attached hydrogen (secondary N) is 1. The van der Waals surface area contributed by atoms with Crippen molar-refractivity contribution in [2.75, 3.05) is 26.9 Å². The molecule has 4 heteroatoms. The first-order valence-corrected chi connectivity index (χ1v) is 6.43. The Morgan fingerprint density at radius 2 is 1.94 bits per heavy atom. The second-order valence-corrected chi connectivity index (χ2v) is 4.28. The van der Waals surface area contributed by atoms with Gasteiger partial charge in [0.25, 0.3) is 0 Å².